The first-order valence-electron chi connectivity index (χ1n) is 11.9. The summed E-state index contributed by atoms with van der Waals surface area (Å²) in [7, 11) is 0. The highest BCUT2D eigenvalue weighted by atomic mass is 35.5. The molecule has 34 heavy (non-hydrogen) atoms. The van der Waals surface area contributed by atoms with E-state index in [0.717, 1.165) is 30.4 Å². The second-order valence-electron chi connectivity index (χ2n) is 9.11. The van der Waals surface area contributed by atoms with Crippen LogP contribution in [0.4, 0.5) is 0 Å². The monoisotopic (exact) mass is 482 g/mol. The molecule has 1 aliphatic carbocycles. The zero-order valence-electron chi connectivity index (χ0n) is 19.2. The van der Waals surface area contributed by atoms with Gasteiger partial charge in [-0.1, -0.05) is 60.7 Å². The molecule has 3 unspecified atom stereocenters. The molecular weight excluding hydrogens is 452 g/mol. The summed E-state index contributed by atoms with van der Waals surface area (Å²) in [5, 5.41) is 6.03. The summed E-state index contributed by atoms with van der Waals surface area (Å²) < 4.78 is 0. The largest absolute Gasteiger partial charge is 0.343 e. The molecule has 2 aromatic carbocycles. The van der Waals surface area contributed by atoms with Crippen molar-refractivity contribution >= 4 is 29.5 Å². The number of likely N-dealkylation sites (tertiary alicyclic amines) is 1. The minimum Gasteiger partial charge on any atom is -0.343 e. The standard InChI is InChI=1S/C26H31ClN4O3/c1-17(30-27)24(32)29-23(20-14-15-20)26(34)31-16-8-13-21(31)25(33)28-22(18-9-4-2-5-10-18)19-11-6-3-7-12-19/h2-7,9-12,17,20-23,30H,8,13-16H2,1H3,(H,28,33)(H,29,32). The van der Waals surface area contributed by atoms with Crippen LogP contribution in [0.15, 0.2) is 60.7 Å². The van der Waals surface area contributed by atoms with E-state index in [9.17, 15) is 14.4 Å². The lowest BCUT2D eigenvalue weighted by atomic mass is 9.98. The smallest absolute Gasteiger partial charge is 0.246 e. The normalized spacial score (nSPS) is 19.5. The molecule has 2 fully saturated rings. The van der Waals surface area contributed by atoms with Crippen LogP contribution in [0.25, 0.3) is 0 Å². The molecule has 0 spiro atoms. The summed E-state index contributed by atoms with van der Waals surface area (Å²) in [5.74, 6) is -0.593. The van der Waals surface area contributed by atoms with E-state index in [-0.39, 0.29) is 29.7 Å². The quantitative estimate of drug-likeness (QED) is 0.479. The average Bonchev–Trinajstić information content (AvgIpc) is 3.60. The maximum absolute atomic E-state index is 13.5. The number of carbonyl (C=O) groups is 3. The second kappa shape index (κ2) is 11.0. The first-order valence-corrected chi connectivity index (χ1v) is 12.2. The lowest BCUT2D eigenvalue weighted by Gasteiger charge is -2.30. The van der Waals surface area contributed by atoms with Gasteiger partial charge in [-0.25, -0.2) is 4.84 Å². The Hall–Kier alpha value is -2.90. The Morgan fingerprint density at radius 1 is 0.912 bits per heavy atom. The van der Waals surface area contributed by atoms with Crippen molar-refractivity contribution in [3.63, 3.8) is 0 Å². The molecule has 3 atom stereocenters. The lowest BCUT2D eigenvalue weighted by Crippen LogP contribution is -2.56. The Bertz CT molecular complexity index is 960. The Morgan fingerprint density at radius 3 is 2.03 bits per heavy atom. The van der Waals surface area contributed by atoms with Crippen molar-refractivity contribution in [1.29, 1.82) is 0 Å². The van der Waals surface area contributed by atoms with Crippen LogP contribution in [-0.2, 0) is 14.4 Å². The predicted octanol–water partition coefficient (Wildman–Crippen LogP) is 2.91. The Kier molecular flexibility index (Phi) is 7.85. The molecule has 0 bridgehead atoms. The van der Waals surface area contributed by atoms with Crippen molar-refractivity contribution in [2.45, 2.75) is 56.8 Å². The predicted molar refractivity (Wildman–Crippen MR) is 131 cm³/mol. The van der Waals surface area contributed by atoms with Gasteiger partial charge in [-0.15, -0.1) is 0 Å². The molecule has 0 aromatic heterocycles. The molecule has 1 saturated heterocycles. The van der Waals surface area contributed by atoms with E-state index in [2.05, 4.69) is 15.5 Å². The molecule has 8 heteroatoms. The first kappa shape index (κ1) is 24.2. The molecule has 1 aliphatic heterocycles. The van der Waals surface area contributed by atoms with Crippen LogP contribution in [0, 0.1) is 5.92 Å². The molecule has 1 saturated carbocycles. The molecule has 3 amide bonds. The molecule has 4 rings (SSSR count). The van der Waals surface area contributed by atoms with Crippen LogP contribution in [0.2, 0.25) is 0 Å². The molecule has 3 N–H and O–H groups in total. The van der Waals surface area contributed by atoms with Crippen LogP contribution >= 0.6 is 11.8 Å². The number of halogens is 1. The van der Waals surface area contributed by atoms with Crippen molar-refractivity contribution in [1.82, 2.24) is 20.4 Å². The molecule has 7 nitrogen and oxygen atoms in total. The number of nitrogens with one attached hydrogen (secondary N) is 3. The summed E-state index contributed by atoms with van der Waals surface area (Å²) in [6.07, 6.45) is 3.11. The average molecular weight is 483 g/mol. The van der Waals surface area contributed by atoms with Crippen LogP contribution < -0.4 is 15.5 Å². The van der Waals surface area contributed by atoms with E-state index in [0.29, 0.717) is 13.0 Å². The summed E-state index contributed by atoms with van der Waals surface area (Å²) >= 11 is 5.59. The molecule has 2 aliphatic rings. The van der Waals surface area contributed by atoms with Gasteiger partial charge in [0.1, 0.15) is 12.1 Å². The molecule has 1 heterocycles. The third-order valence-corrected chi connectivity index (χ3v) is 6.93. The highest BCUT2D eigenvalue weighted by Crippen LogP contribution is 2.35. The zero-order chi connectivity index (χ0) is 24.1. The fraction of sp³-hybridized carbons (Fsp3) is 0.423. The van der Waals surface area contributed by atoms with Crippen LogP contribution in [0.1, 0.15) is 49.8 Å². The molecule has 180 valence electrons. The van der Waals surface area contributed by atoms with Gasteiger partial charge in [0.05, 0.1) is 12.1 Å². The summed E-state index contributed by atoms with van der Waals surface area (Å²) in [4.78, 5) is 43.4. The molecule has 0 radical (unpaired) electrons. The highest BCUT2D eigenvalue weighted by Gasteiger charge is 2.44. The fourth-order valence-electron chi connectivity index (χ4n) is 4.51. The SMILES string of the molecule is CC(NCl)C(=O)NC(C(=O)N1CCCC1C(=O)NC(c1ccccc1)c1ccccc1)C1CC1. The van der Waals surface area contributed by atoms with E-state index < -0.39 is 18.1 Å². The van der Waals surface area contributed by atoms with Crippen molar-refractivity contribution in [2.75, 3.05) is 6.54 Å². The number of hydrogen-bond acceptors (Lipinski definition) is 4. The highest BCUT2D eigenvalue weighted by molar-refractivity contribution is 6.15. The molecule has 2 aromatic rings. The van der Waals surface area contributed by atoms with Gasteiger partial charge >= 0.3 is 0 Å². The van der Waals surface area contributed by atoms with E-state index in [4.69, 9.17) is 11.8 Å². The number of amides is 3. The van der Waals surface area contributed by atoms with Crippen LogP contribution in [0.3, 0.4) is 0 Å². The van der Waals surface area contributed by atoms with Gasteiger partial charge in [-0.05, 0) is 61.4 Å². The maximum atomic E-state index is 13.5. The fourth-order valence-corrected chi connectivity index (χ4v) is 4.61. The minimum absolute atomic E-state index is 0.102. The Balaban J connectivity index is 1.50. The number of carbonyl (C=O) groups excluding carboxylic acids is 3. The van der Waals surface area contributed by atoms with Crippen molar-refractivity contribution in [2.24, 2.45) is 5.92 Å². The zero-order valence-corrected chi connectivity index (χ0v) is 20.0. The van der Waals surface area contributed by atoms with Crippen molar-refractivity contribution in [3.05, 3.63) is 71.8 Å². The second-order valence-corrected chi connectivity index (χ2v) is 9.33. The lowest BCUT2D eigenvalue weighted by molar-refractivity contribution is -0.142. The van der Waals surface area contributed by atoms with Gasteiger partial charge in [-0.2, -0.15) is 0 Å². The summed E-state index contributed by atoms with van der Waals surface area (Å²) in [6, 6.07) is 17.5. The van der Waals surface area contributed by atoms with Gasteiger partial charge in [0.15, 0.2) is 0 Å². The minimum atomic E-state index is -0.632. The van der Waals surface area contributed by atoms with Gasteiger partial charge in [0.25, 0.3) is 0 Å². The number of nitrogens with zero attached hydrogens (tertiary/aromatic N) is 1. The molecular formula is C26H31ClN4O3. The number of rotatable bonds is 9. The van der Waals surface area contributed by atoms with E-state index in [1.165, 1.54) is 0 Å². The summed E-state index contributed by atoms with van der Waals surface area (Å²) in [6.45, 7) is 2.14. The van der Waals surface area contributed by atoms with Gasteiger partial charge in [-0.3, -0.25) is 14.4 Å². The van der Waals surface area contributed by atoms with E-state index in [1.54, 1.807) is 11.8 Å². The van der Waals surface area contributed by atoms with Crippen LogP contribution in [0.5, 0.6) is 0 Å². The maximum Gasteiger partial charge on any atom is 0.246 e. The van der Waals surface area contributed by atoms with Gasteiger partial charge in [0, 0.05) is 6.54 Å². The van der Waals surface area contributed by atoms with Gasteiger partial charge < -0.3 is 15.5 Å². The van der Waals surface area contributed by atoms with Gasteiger partial charge in [0.2, 0.25) is 17.7 Å². The van der Waals surface area contributed by atoms with E-state index >= 15 is 0 Å². The van der Waals surface area contributed by atoms with Crippen molar-refractivity contribution in [3.8, 4) is 0 Å². The van der Waals surface area contributed by atoms with E-state index in [1.807, 2.05) is 60.7 Å². The number of hydrogen-bond donors (Lipinski definition) is 3. The third kappa shape index (κ3) is 5.59. The topological polar surface area (TPSA) is 90.5 Å². The number of benzene rings is 2. The Morgan fingerprint density at radius 2 is 1.50 bits per heavy atom. The Labute approximate surface area is 205 Å². The van der Waals surface area contributed by atoms with Crippen LogP contribution in [-0.4, -0.2) is 47.3 Å². The third-order valence-electron chi connectivity index (χ3n) is 6.61. The van der Waals surface area contributed by atoms with Crippen molar-refractivity contribution < 1.29 is 14.4 Å². The summed E-state index contributed by atoms with van der Waals surface area (Å²) in [5.41, 5.74) is 1.95. The first-order chi connectivity index (χ1) is 16.5.